The number of benzene rings is 2. The summed E-state index contributed by atoms with van der Waals surface area (Å²) in [5.74, 6) is -1.22. The third-order valence-electron chi connectivity index (χ3n) is 2.82. The summed E-state index contributed by atoms with van der Waals surface area (Å²) in [5.41, 5.74) is 6.50. The first kappa shape index (κ1) is 14.6. The number of amides is 1. The molecule has 0 atom stereocenters. The maximum atomic E-state index is 13.8. The molecule has 20 heavy (non-hydrogen) atoms. The van der Waals surface area contributed by atoms with Crippen molar-refractivity contribution in [2.45, 2.75) is 0 Å². The summed E-state index contributed by atoms with van der Waals surface area (Å²) in [6.45, 7) is 0. The van der Waals surface area contributed by atoms with Gasteiger partial charge in [-0.2, -0.15) is 0 Å². The second-order valence-corrected chi connectivity index (χ2v) is 5.06. The molecule has 0 fully saturated rings. The SMILES string of the molecule is CN(C(=O)c1ccc(Cl)cc1F)c1cc(Cl)ccc1N. The average Bonchev–Trinajstić information content (AvgIpc) is 2.40. The minimum Gasteiger partial charge on any atom is -0.397 e. The van der Waals surface area contributed by atoms with E-state index in [1.54, 1.807) is 18.2 Å². The zero-order valence-corrected chi connectivity index (χ0v) is 12.0. The molecule has 0 saturated heterocycles. The Kier molecular flexibility index (Phi) is 4.16. The van der Waals surface area contributed by atoms with Gasteiger partial charge >= 0.3 is 0 Å². The van der Waals surface area contributed by atoms with Gasteiger partial charge in [0.15, 0.2) is 0 Å². The first-order valence-electron chi connectivity index (χ1n) is 5.68. The van der Waals surface area contributed by atoms with Crippen LogP contribution in [0.3, 0.4) is 0 Å². The molecule has 6 heteroatoms. The second kappa shape index (κ2) is 5.69. The molecule has 0 bridgehead atoms. The molecule has 0 aliphatic rings. The number of hydrogen-bond acceptors (Lipinski definition) is 2. The number of anilines is 2. The molecule has 0 saturated carbocycles. The predicted octanol–water partition coefficient (Wildman–Crippen LogP) is 3.99. The smallest absolute Gasteiger partial charge is 0.261 e. The molecule has 0 spiro atoms. The van der Waals surface area contributed by atoms with Crippen molar-refractivity contribution in [1.29, 1.82) is 0 Å². The number of carbonyl (C=O) groups excluding carboxylic acids is 1. The monoisotopic (exact) mass is 312 g/mol. The number of halogens is 3. The fraction of sp³-hybridized carbons (Fsp3) is 0.0714. The van der Waals surface area contributed by atoms with E-state index in [2.05, 4.69) is 0 Å². The standard InChI is InChI=1S/C14H11Cl2FN2O/c1-19(13-7-9(16)3-5-12(13)18)14(20)10-4-2-8(15)6-11(10)17/h2-7H,18H2,1H3. The van der Waals surface area contributed by atoms with Crippen molar-refractivity contribution in [3.63, 3.8) is 0 Å². The van der Waals surface area contributed by atoms with Crippen LogP contribution in [0.1, 0.15) is 10.4 Å². The fourth-order valence-corrected chi connectivity index (χ4v) is 2.09. The zero-order chi connectivity index (χ0) is 14.9. The minimum absolute atomic E-state index is 0.0868. The number of rotatable bonds is 2. The fourth-order valence-electron chi connectivity index (χ4n) is 1.76. The summed E-state index contributed by atoms with van der Waals surface area (Å²) in [4.78, 5) is 13.5. The van der Waals surface area contributed by atoms with Crippen molar-refractivity contribution in [2.75, 3.05) is 17.7 Å². The molecule has 0 aliphatic heterocycles. The largest absolute Gasteiger partial charge is 0.397 e. The predicted molar refractivity (Wildman–Crippen MR) is 80.0 cm³/mol. The van der Waals surface area contributed by atoms with Gasteiger partial charge in [0.25, 0.3) is 5.91 Å². The Labute approximate surface area is 125 Å². The van der Waals surface area contributed by atoms with E-state index in [9.17, 15) is 9.18 Å². The van der Waals surface area contributed by atoms with Gasteiger partial charge in [-0.15, -0.1) is 0 Å². The van der Waals surface area contributed by atoms with Crippen molar-refractivity contribution in [1.82, 2.24) is 0 Å². The molecule has 1 amide bonds. The van der Waals surface area contributed by atoms with Crippen LogP contribution in [0.4, 0.5) is 15.8 Å². The lowest BCUT2D eigenvalue weighted by molar-refractivity contribution is 0.0989. The Morgan fingerprint density at radius 1 is 1.15 bits per heavy atom. The van der Waals surface area contributed by atoms with Crippen molar-refractivity contribution in [3.8, 4) is 0 Å². The number of nitrogens with zero attached hydrogens (tertiary/aromatic N) is 1. The Bertz CT molecular complexity index is 676. The van der Waals surface area contributed by atoms with Crippen LogP contribution in [0.2, 0.25) is 10.0 Å². The van der Waals surface area contributed by atoms with Crippen LogP contribution in [-0.2, 0) is 0 Å². The highest BCUT2D eigenvalue weighted by atomic mass is 35.5. The molecule has 0 aliphatic carbocycles. The molecular weight excluding hydrogens is 302 g/mol. The number of nitrogen functional groups attached to an aromatic ring is 1. The van der Waals surface area contributed by atoms with Crippen LogP contribution >= 0.6 is 23.2 Å². The minimum atomic E-state index is -0.685. The second-order valence-electron chi connectivity index (χ2n) is 4.19. The maximum absolute atomic E-state index is 13.8. The Morgan fingerprint density at radius 3 is 2.40 bits per heavy atom. The average molecular weight is 313 g/mol. The molecule has 2 aromatic carbocycles. The molecule has 2 N–H and O–H groups in total. The Hall–Kier alpha value is -1.78. The number of hydrogen-bond donors (Lipinski definition) is 1. The van der Waals surface area contributed by atoms with Crippen LogP contribution in [0.25, 0.3) is 0 Å². The summed E-state index contributed by atoms with van der Waals surface area (Å²) >= 11 is 11.5. The van der Waals surface area contributed by atoms with E-state index in [4.69, 9.17) is 28.9 Å². The van der Waals surface area contributed by atoms with E-state index >= 15 is 0 Å². The molecule has 0 aromatic heterocycles. The van der Waals surface area contributed by atoms with Crippen LogP contribution in [0, 0.1) is 5.82 Å². The van der Waals surface area contributed by atoms with Gasteiger partial charge in [0.05, 0.1) is 16.9 Å². The van der Waals surface area contributed by atoms with Crippen LogP contribution in [-0.4, -0.2) is 13.0 Å². The maximum Gasteiger partial charge on any atom is 0.261 e. The van der Waals surface area contributed by atoms with Gasteiger partial charge in [-0.25, -0.2) is 4.39 Å². The molecule has 0 unspecified atom stereocenters. The number of carbonyl (C=O) groups is 1. The van der Waals surface area contributed by atoms with Crippen molar-refractivity contribution >= 4 is 40.5 Å². The molecule has 104 valence electrons. The summed E-state index contributed by atoms with van der Waals surface area (Å²) < 4.78 is 13.8. The van der Waals surface area contributed by atoms with Crippen LogP contribution in [0.5, 0.6) is 0 Å². The van der Waals surface area contributed by atoms with Gasteiger partial charge in [0.1, 0.15) is 5.82 Å². The van der Waals surface area contributed by atoms with Crippen molar-refractivity contribution in [2.24, 2.45) is 0 Å². The summed E-state index contributed by atoms with van der Waals surface area (Å²) in [5, 5.41) is 0.661. The van der Waals surface area contributed by atoms with Gasteiger partial charge in [0.2, 0.25) is 0 Å². The highest BCUT2D eigenvalue weighted by molar-refractivity contribution is 6.31. The zero-order valence-electron chi connectivity index (χ0n) is 10.5. The molecule has 2 aromatic rings. The van der Waals surface area contributed by atoms with Gasteiger partial charge in [0, 0.05) is 17.1 Å². The first-order valence-corrected chi connectivity index (χ1v) is 6.44. The van der Waals surface area contributed by atoms with E-state index in [0.29, 0.717) is 16.4 Å². The normalized spacial score (nSPS) is 10.4. The first-order chi connectivity index (χ1) is 9.40. The Morgan fingerprint density at radius 2 is 1.75 bits per heavy atom. The quantitative estimate of drug-likeness (QED) is 0.852. The van der Waals surface area contributed by atoms with E-state index in [-0.39, 0.29) is 10.6 Å². The third-order valence-corrected chi connectivity index (χ3v) is 3.29. The Balaban J connectivity index is 2.40. The third kappa shape index (κ3) is 2.86. The highest BCUT2D eigenvalue weighted by Crippen LogP contribution is 2.27. The van der Waals surface area contributed by atoms with Crippen molar-refractivity contribution in [3.05, 3.63) is 57.8 Å². The van der Waals surface area contributed by atoms with Gasteiger partial charge < -0.3 is 10.6 Å². The van der Waals surface area contributed by atoms with Crippen LogP contribution < -0.4 is 10.6 Å². The molecule has 2 rings (SSSR count). The molecule has 0 radical (unpaired) electrons. The molecule has 0 heterocycles. The van der Waals surface area contributed by atoms with Gasteiger partial charge in [-0.1, -0.05) is 23.2 Å². The molecular formula is C14H11Cl2FN2O. The van der Waals surface area contributed by atoms with E-state index in [1.807, 2.05) is 0 Å². The summed E-state index contributed by atoms with van der Waals surface area (Å²) in [6.07, 6.45) is 0. The lowest BCUT2D eigenvalue weighted by atomic mass is 10.1. The van der Waals surface area contributed by atoms with Gasteiger partial charge in [-0.3, -0.25) is 4.79 Å². The summed E-state index contributed by atoms with van der Waals surface area (Å²) in [7, 11) is 1.50. The van der Waals surface area contributed by atoms with Crippen molar-refractivity contribution < 1.29 is 9.18 Å². The lowest BCUT2D eigenvalue weighted by Crippen LogP contribution is -2.27. The lowest BCUT2D eigenvalue weighted by Gasteiger charge is -2.20. The highest BCUT2D eigenvalue weighted by Gasteiger charge is 2.19. The molecule has 3 nitrogen and oxygen atoms in total. The van der Waals surface area contributed by atoms with E-state index in [1.165, 1.54) is 24.1 Å². The van der Waals surface area contributed by atoms with E-state index in [0.717, 1.165) is 6.07 Å². The van der Waals surface area contributed by atoms with Gasteiger partial charge in [-0.05, 0) is 36.4 Å². The number of nitrogens with two attached hydrogens (primary N) is 1. The topological polar surface area (TPSA) is 46.3 Å². The van der Waals surface area contributed by atoms with Crippen LogP contribution in [0.15, 0.2) is 36.4 Å². The van der Waals surface area contributed by atoms with E-state index < -0.39 is 11.7 Å². The summed E-state index contributed by atoms with van der Waals surface area (Å²) in [6, 6.07) is 8.61.